The van der Waals surface area contributed by atoms with Gasteiger partial charge in [-0.05, 0) is 55.6 Å². The molecule has 1 atom stereocenters. The van der Waals surface area contributed by atoms with Crippen LogP contribution in [0.5, 0.6) is 0 Å². The zero-order valence-corrected chi connectivity index (χ0v) is 20.6. The lowest BCUT2D eigenvalue weighted by atomic mass is 9.87. The fourth-order valence-electron chi connectivity index (χ4n) is 5.65. The molecular weight excluding hydrogens is 483 g/mol. The maximum Gasteiger partial charge on any atom is 0.408 e. The van der Waals surface area contributed by atoms with Gasteiger partial charge in [-0.3, -0.25) is 4.90 Å². The lowest BCUT2D eigenvalue weighted by Crippen LogP contribution is -2.59. The van der Waals surface area contributed by atoms with E-state index in [4.69, 9.17) is 4.74 Å². The van der Waals surface area contributed by atoms with Crippen LogP contribution in [0, 0.1) is 5.92 Å². The molecule has 3 aliphatic rings. The molecule has 37 heavy (non-hydrogen) atoms. The topological polar surface area (TPSA) is 81.3 Å². The van der Waals surface area contributed by atoms with Crippen LogP contribution in [0.25, 0.3) is 22.3 Å². The highest BCUT2D eigenvalue weighted by molar-refractivity contribution is 5.92. The molecular formula is C26H32F3N7O. The van der Waals surface area contributed by atoms with Crippen LogP contribution in [0.1, 0.15) is 12.8 Å². The molecule has 6 rings (SSSR count). The number of hydrogen-bond donors (Lipinski definition) is 3. The number of aromatic nitrogens is 3. The van der Waals surface area contributed by atoms with Crippen molar-refractivity contribution in [1.82, 2.24) is 25.2 Å². The maximum atomic E-state index is 14.1. The number of ether oxygens (including phenoxy) is 1. The fourth-order valence-corrected chi connectivity index (χ4v) is 5.65. The van der Waals surface area contributed by atoms with Crippen LogP contribution in [0.4, 0.5) is 24.7 Å². The van der Waals surface area contributed by atoms with E-state index in [2.05, 4.69) is 35.4 Å². The van der Waals surface area contributed by atoms with Gasteiger partial charge in [0.1, 0.15) is 23.8 Å². The van der Waals surface area contributed by atoms with E-state index in [1.165, 1.54) is 0 Å². The third-order valence-corrected chi connectivity index (χ3v) is 7.91. The molecule has 1 aromatic carbocycles. The smallest absolute Gasteiger partial charge is 0.378 e. The lowest BCUT2D eigenvalue weighted by molar-refractivity contribution is -0.157. The normalized spacial score (nSPS) is 21.2. The molecule has 0 saturated carbocycles. The number of nitrogens with one attached hydrogen (secondary N) is 3. The van der Waals surface area contributed by atoms with E-state index in [0.29, 0.717) is 37.8 Å². The summed E-state index contributed by atoms with van der Waals surface area (Å²) in [7, 11) is 0. The van der Waals surface area contributed by atoms with E-state index in [9.17, 15) is 13.2 Å². The highest BCUT2D eigenvalue weighted by Gasteiger charge is 2.46. The SMILES string of the molecule is FC(F)(F)C(Nc1ccc(-c2cc3c(N4CCOCC4)ncnc3[nH]2)cc1)C1CCN(C2CNC2)CC1. The van der Waals surface area contributed by atoms with Crippen LogP contribution in [0.2, 0.25) is 0 Å². The van der Waals surface area contributed by atoms with Gasteiger partial charge in [-0.15, -0.1) is 0 Å². The number of piperidine rings is 1. The highest BCUT2D eigenvalue weighted by atomic mass is 19.4. The van der Waals surface area contributed by atoms with Crippen molar-refractivity contribution in [3.8, 4) is 11.3 Å². The first-order valence-corrected chi connectivity index (χ1v) is 13.0. The van der Waals surface area contributed by atoms with Crippen molar-refractivity contribution in [2.45, 2.75) is 31.1 Å². The van der Waals surface area contributed by atoms with Crippen LogP contribution in [0.3, 0.4) is 0 Å². The second-order valence-electron chi connectivity index (χ2n) is 10.2. The molecule has 2 aromatic heterocycles. The average Bonchev–Trinajstić information content (AvgIpc) is 3.32. The number of aromatic amines is 1. The molecule has 0 bridgehead atoms. The molecule has 198 valence electrons. The number of benzene rings is 1. The number of nitrogens with zero attached hydrogens (tertiary/aromatic N) is 4. The van der Waals surface area contributed by atoms with Crippen molar-refractivity contribution in [1.29, 1.82) is 0 Å². The number of halogens is 3. The minimum Gasteiger partial charge on any atom is -0.378 e. The number of alkyl halides is 3. The van der Waals surface area contributed by atoms with E-state index in [1.807, 2.05) is 18.2 Å². The molecule has 1 unspecified atom stereocenters. The predicted molar refractivity (Wildman–Crippen MR) is 137 cm³/mol. The fraction of sp³-hybridized carbons (Fsp3) is 0.538. The first kappa shape index (κ1) is 24.4. The summed E-state index contributed by atoms with van der Waals surface area (Å²) in [5.41, 5.74) is 2.93. The lowest BCUT2D eigenvalue weighted by Gasteiger charge is -2.44. The Labute approximate surface area is 213 Å². The zero-order valence-electron chi connectivity index (χ0n) is 20.6. The first-order valence-electron chi connectivity index (χ1n) is 13.0. The molecule has 3 aromatic rings. The van der Waals surface area contributed by atoms with E-state index < -0.39 is 18.1 Å². The van der Waals surface area contributed by atoms with Gasteiger partial charge in [0, 0.05) is 43.6 Å². The summed E-state index contributed by atoms with van der Waals surface area (Å²) in [4.78, 5) is 16.7. The quantitative estimate of drug-likeness (QED) is 0.464. The Balaban J connectivity index is 1.16. The van der Waals surface area contributed by atoms with Crippen molar-refractivity contribution >= 4 is 22.5 Å². The Morgan fingerprint density at radius 3 is 2.38 bits per heavy atom. The Kier molecular flexibility index (Phi) is 6.68. The average molecular weight is 516 g/mol. The number of likely N-dealkylation sites (tertiary alicyclic amines) is 1. The Bertz CT molecular complexity index is 1200. The van der Waals surface area contributed by atoms with Gasteiger partial charge in [-0.1, -0.05) is 12.1 Å². The summed E-state index contributed by atoms with van der Waals surface area (Å²) >= 11 is 0. The molecule has 0 amide bonds. The minimum atomic E-state index is -4.31. The van der Waals surface area contributed by atoms with Crippen molar-refractivity contribution < 1.29 is 17.9 Å². The van der Waals surface area contributed by atoms with Crippen LogP contribution >= 0.6 is 0 Å². The Morgan fingerprint density at radius 1 is 1.00 bits per heavy atom. The van der Waals surface area contributed by atoms with Crippen LogP contribution in [0.15, 0.2) is 36.7 Å². The maximum absolute atomic E-state index is 14.1. The van der Waals surface area contributed by atoms with Crippen LogP contribution in [-0.4, -0.2) is 90.6 Å². The largest absolute Gasteiger partial charge is 0.408 e. The minimum absolute atomic E-state index is 0.435. The molecule has 3 saturated heterocycles. The number of rotatable bonds is 6. The summed E-state index contributed by atoms with van der Waals surface area (Å²) < 4.78 is 47.6. The second-order valence-corrected chi connectivity index (χ2v) is 10.2. The van der Waals surface area contributed by atoms with Gasteiger partial charge < -0.3 is 25.3 Å². The number of hydrogen-bond acceptors (Lipinski definition) is 7. The van der Waals surface area contributed by atoms with Gasteiger partial charge in [0.05, 0.1) is 18.6 Å². The van der Waals surface area contributed by atoms with Crippen molar-refractivity contribution in [3.63, 3.8) is 0 Å². The number of H-pyrrole nitrogens is 1. The zero-order chi connectivity index (χ0) is 25.4. The monoisotopic (exact) mass is 515 g/mol. The molecule has 3 aliphatic heterocycles. The molecule has 0 radical (unpaired) electrons. The number of morpholine rings is 1. The van der Waals surface area contributed by atoms with Crippen LogP contribution < -0.4 is 15.5 Å². The summed E-state index contributed by atoms with van der Waals surface area (Å²) in [5.74, 6) is 0.427. The van der Waals surface area contributed by atoms with E-state index in [0.717, 1.165) is 67.4 Å². The molecule has 0 spiro atoms. The van der Waals surface area contributed by atoms with Crippen molar-refractivity contribution in [2.24, 2.45) is 5.92 Å². The van der Waals surface area contributed by atoms with E-state index >= 15 is 0 Å². The molecule has 3 N–H and O–H groups in total. The Hall–Kier alpha value is -2.89. The summed E-state index contributed by atoms with van der Waals surface area (Å²) in [5, 5.41) is 6.97. The van der Waals surface area contributed by atoms with Crippen LogP contribution in [-0.2, 0) is 4.74 Å². The van der Waals surface area contributed by atoms with Gasteiger partial charge in [0.15, 0.2) is 0 Å². The number of fused-ring (bicyclic) bond motifs is 1. The third kappa shape index (κ3) is 5.12. The third-order valence-electron chi connectivity index (χ3n) is 7.91. The summed E-state index contributed by atoms with van der Waals surface area (Å²) in [6, 6.07) is 8.06. The number of anilines is 2. The second kappa shape index (κ2) is 10.1. The summed E-state index contributed by atoms with van der Waals surface area (Å²) in [6.07, 6.45) is -1.67. The Morgan fingerprint density at radius 2 is 1.73 bits per heavy atom. The molecule has 0 aliphatic carbocycles. The van der Waals surface area contributed by atoms with Gasteiger partial charge >= 0.3 is 6.18 Å². The van der Waals surface area contributed by atoms with Gasteiger partial charge in [-0.25, -0.2) is 9.97 Å². The van der Waals surface area contributed by atoms with Crippen molar-refractivity contribution in [3.05, 3.63) is 36.7 Å². The van der Waals surface area contributed by atoms with E-state index in [-0.39, 0.29) is 0 Å². The highest BCUT2D eigenvalue weighted by Crippen LogP contribution is 2.35. The summed E-state index contributed by atoms with van der Waals surface area (Å²) in [6.45, 7) is 6.18. The van der Waals surface area contributed by atoms with Gasteiger partial charge in [0.25, 0.3) is 0 Å². The van der Waals surface area contributed by atoms with Gasteiger partial charge in [0.2, 0.25) is 0 Å². The van der Waals surface area contributed by atoms with Gasteiger partial charge in [-0.2, -0.15) is 13.2 Å². The molecule has 3 fully saturated rings. The first-order chi connectivity index (χ1) is 18.0. The standard InChI is InChI=1S/C26H32F3N7O/c27-26(28,29)23(18-5-7-35(8-6-18)20-14-30-15-20)33-19-3-1-17(2-4-19)22-13-21-24(34-22)31-16-32-25(21)36-9-11-37-12-10-36/h1-4,13,16,18,20,23,30,33H,5-12,14-15H2,(H,31,32,34). The van der Waals surface area contributed by atoms with Crippen molar-refractivity contribution in [2.75, 3.05) is 62.7 Å². The molecule has 5 heterocycles. The van der Waals surface area contributed by atoms with E-state index in [1.54, 1.807) is 18.5 Å². The molecule has 8 nitrogen and oxygen atoms in total. The molecule has 11 heteroatoms. The predicted octanol–water partition coefficient (Wildman–Crippen LogP) is 3.49.